The van der Waals surface area contributed by atoms with Crippen LogP contribution in [-0.2, 0) is 15.0 Å². The Morgan fingerprint density at radius 1 is 1.08 bits per heavy atom. The highest BCUT2D eigenvalue weighted by atomic mass is 35.5. The number of alkyl halides is 3. The van der Waals surface area contributed by atoms with Gasteiger partial charge in [-0.2, -0.15) is 18.2 Å². The van der Waals surface area contributed by atoms with Gasteiger partial charge in [-0.25, -0.2) is 4.79 Å². The molecule has 8 nitrogen and oxygen atoms in total. The molecule has 0 amide bonds. The first kappa shape index (κ1) is 29.9. The summed E-state index contributed by atoms with van der Waals surface area (Å²) >= 11 is 6.33. The molecule has 4 rings (SSSR count). The molecule has 1 heterocycles. The number of carboxylic acids is 2. The van der Waals surface area contributed by atoms with E-state index >= 15 is 0 Å². The molecule has 1 saturated carbocycles. The molecule has 1 fully saturated rings. The number of unbranched alkanes of at least 4 members (excludes halogenated alkanes) is 1. The van der Waals surface area contributed by atoms with E-state index in [1.165, 1.54) is 5.56 Å². The lowest BCUT2D eigenvalue weighted by Gasteiger charge is -2.15. The fraction of sp³-hybridized carbons (Fsp3) is 0.407. The number of ether oxygens (including phenoxy) is 1. The Kier molecular flexibility index (Phi) is 9.60. The van der Waals surface area contributed by atoms with E-state index in [2.05, 4.69) is 22.3 Å². The fourth-order valence-corrected chi connectivity index (χ4v) is 4.21. The first-order chi connectivity index (χ1) is 18.3. The quantitative estimate of drug-likeness (QED) is 0.247. The molecule has 0 unspecified atom stereocenters. The van der Waals surface area contributed by atoms with E-state index in [0.717, 1.165) is 43.2 Å². The van der Waals surface area contributed by atoms with E-state index in [1.54, 1.807) is 6.07 Å². The molecule has 0 aliphatic heterocycles. The lowest BCUT2D eigenvalue weighted by Crippen LogP contribution is -2.21. The molecule has 2 aromatic carbocycles. The molecule has 0 atom stereocenters. The third-order valence-electron chi connectivity index (χ3n) is 6.12. The van der Waals surface area contributed by atoms with Gasteiger partial charge in [-0.3, -0.25) is 4.79 Å². The molecule has 0 radical (unpaired) electrons. The molecule has 0 saturated heterocycles. The van der Waals surface area contributed by atoms with E-state index in [0.29, 0.717) is 22.5 Å². The molecule has 0 bridgehead atoms. The van der Waals surface area contributed by atoms with E-state index in [9.17, 15) is 18.0 Å². The van der Waals surface area contributed by atoms with Gasteiger partial charge < -0.3 is 19.5 Å². The number of aromatic nitrogens is 2. The van der Waals surface area contributed by atoms with E-state index < -0.39 is 18.1 Å². The fourth-order valence-electron chi connectivity index (χ4n) is 3.99. The molecule has 1 aliphatic rings. The zero-order valence-corrected chi connectivity index (χ0v) is 22.1. The van der Waals surface area contributed by atoms with Crippen LogP contribution in [0.5, 0.6) is 5.75 Å². The van der Waals surface area contributed by atoms with Crippen molar-refractivity contribution in [2.75, 3.05) is 0 Å². The van der Waals surface area contributed by atoms with Gasteiger partial charge in [0.05, 0.1) is 11.1 Å². The van der Waals surface area contributed by atoms with Crippen molar-refractivity contribution in [3.05, 3.63) is 53.1 Å². The number of hydrogen-bond acceptors (Lipinski definition) is 6. The minimum Gasteiger partial charge on any atom is -0.489 e. The van der Waals surface area contributed by atoms with Gasteiger partial charge in [-0.15, -0.1) is 0 Å². The molecule has 39 heavy (non-hydrogen) atoms. The summed E-state index contributed by atoms with van der Waals surface area (Å²) in [5, 5.41) is 20.6. The average Bonchev–Trinajstić information content (AvgIpc) is 3.49. The predicted octanol–water partition coefficient (Wildman–Crippen LogP) is 7.15. The predicted molar refractivity (Wildman–Crippen MR) is 137 cm³/mol. The Morgan fingerprint density at radius 2 is 1.69 bits per heavy atom. The smallest absolute Gasteiger partial charge is 0.489 e. The second-order valence-corrected chi connectivity index (χ2v) is 9.90. The summed E-state index contributed by atoms with van der Waals surface area (Å²) in [6.45, 7) is 3.90. The second kappa shape index (κ2) is 12.5. The van der Waals surface area contributed by atoms with Gasteiger partial charge >= 0.3 is 18.1 Å². The summed E-state index contributed by atoms with van der Waals surface area (Å²) in [5.41, 5.74) is 3.12. The Hall–Kier alpha value is -3.60. The van der Waals surface area contributed by atoms with Crippen molar-refractivity contribution >= 4 is 23.5 Å². The SMILES string of the molecule is CC(C)Oc1ccc(-c2noc(-c3ccc(C4(CCCCC(=O)O)CC4)cc3)n2)cc1Cl.O=C(O)C(F)(F)F. The molecule has 1 aliphatic carbocycles. The van der Waals surface area contributed by atoms with Gasteiger partial charge in [0.15, 0.2) is 0 Å². The number of aliphatic carboxylic acids is 2. The minimum atomic E-state index is -5.08. The summed E-state index contributed by atoms with van der Waals surface area (Å²) in [5.74, 6) is -1.93. The summed E-state index contributed by atoms with van der Waals surface area (Å²) in [4.78, 5) is 24.1. The highest BCUT2D eigenvalue weighted by Gasteiger charge is 2.43. The molecule has 210 valence electrons. The van der Waals surface area contributed by atoms with Crippen LogP contribution in [0.25, 0.3) is 22.8 Å². The van der Waals surface area contributed by atoms with Crippen LogP contribution in [0.15, 0.2) is 47.0 Å². The number of carbonyl (C=O) groups is 2. The third-order valence-corrected chi connectivity index (χ3v) is 6.41. The summed E-state index contributed by atoms with van der Waals surface area (Å²) < 4.78 is 42.9. The highest BCUT2D eigenvalue weighted by Crippen LogP contribution is 2.52. The van der Waals surface area contributed by atoms with Gasteiger partial charge in [0.2, 0.25) is 5.82 Å². The van der Waals surface area contributed by atoms with Crippen molar-refractivity contribution < 1.29 is 42.2 Å². The van der Waals surface area contributed by atoms with Crippen molar-refractivity contribution in [3.8, 4) is 28.6 Å². The van der Waals surface area contributed by atoms with Crippen molar-refractivity contribution in [3.63, 3.8) is 0 Å². The molecule has 12 heteroatoms. The van der Waals surface area contributed by atoms with Crippen molar-refractivity contribution in [2.24, 2.45) is 0 Å². The number of carboxylic acid groups (broad SMARTS) is 2. The Balaban J connectivity index is 0.000000532. The Labute approximate surface area is 227 Å². The van der Waals surface area contributed by atoms with Crippen LogP contribution < -0.4 is 4.74 Å². The zero-order chi connectivity index (χ0) is 28.8. The van der Waals surface area contributed by atoms with Crippen molar-refractivity contribution in [2.45, 2.75) is 70.1 Å². The summed E-state index contributed by atoms with van der Waals surface area (Å²) in [6.07, 6.45) is 0.203. The minimum absolute atomic E-state index is 0.0395. The van der Waals surface area contributed by atoms with Crippen molar-refractivity contribution in [1.82, 2.24) is 10.1 Å². The molecule has 3 aromatic rings. The van der Waals surface area contributed by atoms with Gasteiger partial charge in [0.1, 0.15) is 5.75 Å². The standard InChI is InChI=1S/C25H27ClN2O4.C2HF3O2/c1-16(2)31-21-11-8-18(15-20(21)26)23-27-24(32-28-23)17-6-9-19(10-7-17)25(13-14-25)12-4-3-5-22(29)30;3-2(4,5)1(6)7/h6-11,15-16H,3-5,12-14H2,1-2H3,(H,29,30);(H,6,7). The van der Waals surface area contributed by atoms with Gasteiger partial charge in [0, 0.05) is 17.5 Å². The van der Waals surface area contributed by atoms with E-state index in [4.69, 9.17) is 35.9 Å². The molecule has 2 N–H and O–H groups in total. The van der Waals surface area contributed by atoms with Crippen LogP contribution in [0.3, 0.4) is 0 Å². The number of halogens is 4. The van der Waals surface area contributed by atoms with Crippen LogP contribution >= 0.6 is 11.6 Å². The van der Waals surface area contributed by atoms with E-state index in [1.807, 2.05) is 38.1 Å². The van der Waals surface area contributed by atoms with Crippen LogP contribution in [0.4, 0.5) is 13.2 Å². The molecular weight excluding hydrogens is 541 g/mol. The highest BCUT2D eigenvalue weighted by molar-refractivity contribution is 6.32. The Bertz CT molecular complexity index is 1290. The maximum Gasteiger partial charge on any atom is 0.490 e. The van der Waals surface area contributed by atoms with Gasteiger partial charge in [0.25, 0.3) is 5.89 Å². The third kappa shape index (κ3) is 8.44. The lowest BCUT2D eigenvalue weighted by molar-refractivity contribution is -0.192. The van der Waals surface area contributed by atoms with Gasteiger partial charge in [-0.05, 0) is 80.8 Å². The van der Waals surface area contributed by atoms with E-state index in [-0.39, 0.29) is 17.9 Å². The zero-order valence-electron chi connectivity index (χ0n) is 21.3. The first-order valence-corrected chi connectivity index (χ1v) is 12.6. The number of benzene rings is 2. The summed E-state index contributed by atoms with van der Waals surface area (Å²) in [7, 11) is 0. The normalized spacial score (nSPS) is 13.9. The first-order valence-electron chi connectivity index (χ1n) is 12.2. The average molecular weight is 569 g/mol. The monoisotopic (exact) mass is 568 g/mol. The van der Waals surface area contributed by atoms with Crippen LogP contribution in [0.2, 0.25) is 5.02 Å². The maximum absolute atomic E-state index is 10.7. The Morgan fingerprint density at radius 3 is 2.21 bits per heavy atom. The van der Waals surface area contributed by atoms with Crippen molar-refractivity contribution in [1.29, 1.82) is 0 Å². The second-order valence-electron chi connectivity index (χ2n) is 9.50. The maximum atomic E-state index is 10.7. The summed E-state index contributed by atoms with van der Waals surface area (Å²) in [6, 6.07) is 13.7. The molecule has 0 spiro atoms. The topological polar surface area (TPSA) is 123 Å². The van der Waals surface area contributed by atoms with Gasteiger partial charge in [-0.1, -0.05) is 35.3 Å². The van der Waals surface area contributed by atoms with Crippen LogP contribution in [0.1, 0.15) is 57.9 Å². The largest absolute Gasteiger partial charge is 0.490 e. The number of nitrogens with zero attached hydrogens (tertiary/aromatic N) is 2. The number of rotatable bonds is 10. The molecular formula is C27H28ClF3N2O6. The lowest BCUT2D eigenvalue weighted by atomic mass is 9.89. The van der Waals surface area contributed by atoms with Crippen LogP contribution in [-0.4, -0.2) is 44.6 Å². The molecule has 1 aromatic heterocycles. The van der Waals surface area contributed by atoms with Crippen LogP contribution in [0, 0.1) is 0 Å². The number of hydrogen-bond donors (Lipinski definition) is 2.